The Bertz CT molecular complexity index is 299. The van der Waals surface area contributed by atoms with Gasteiger partial charge in [0, 0.05) is 32.2 Å². The van der Waals surface area contributed by atoms with E-state index in [4.69, 9.17) is 0 Å². The van der Waals surface area contributed by atoms with Gasteiger partial charge in [-0.15, -0.1) is 19.0 Å². The Labute approximate surface area is 114 Å². The minimum atomic E-state index is -0.474. The van der Waals surface area contributed by atoms with Crippen LogP contribution < -0.4 is 16.0 Å². The van der Waals surface area contributed by atoms with Crippen LogP contribution in [-0.2, 0) is 4.79 Å². The number of nitrogens with one attached hydrogen (secondary N) is 3. The first-order valence-electron chi connectivity index (χ1n) is 5.77. The van der Waals surface area contributed by atoms with E-state index in [0.29, 0.717) is 12.6 Å². The minimum absolute atomic E-state index is 0. The molecule has 0 saturated carbocycles. The lowest BCUT2D eigenvalue weighted by Gasteiger charge is -2.33. The number of rotatable bonds is 4. The number of halogens is 1. The van der Waals surface area contributed by atoms with Crippen LogP contribution in [0.5, 0.6) is 0 Å². The van der Waals surface area contributed by atoms with Gasteiger partial charge in [0.05, 0.1) is 6.54 Å². The standard InChI is InChI=1S/C11H20N4O2.ClH/c1-3-4-13-11(17)14-10(16)8-15-6-5-12-7-9(15)2;/h3,9,12H,1,4-8H2,2H3,(H2,13,14,16,17);1H/t9-;/m0./s1. The lowest BCUT2D eigenvalue weighted by molar-refractivity contribution is -0.121. The first kappa shape index (κ1) is 16.9. The number of carbonyl (C=O) groups is 2. The predicted molar refractivity (Wildman–Crippen MR) is 72.9 cm³/mol. The first-order valence-corrected chi connectivity index (χ1v) is 5.77. The number of urea groups is 1. The molecule has 0 aliphatic carbocycles. The molecule has 0 bridgehead atoms. The lowest BCUT2D eigenvalue weighted by Crippen LogP contribution is -2.53. The van der Waals surface area contributed by atoms with E-state index in [1.54, 1.807) is 6.08 Å². The molecule has 6 nitrogen and oxygen atoms in total. The monoisotopic (exact) mass is 276 g/mol. The van der Waals surface area contributed by atoms with Crippen molar-refractivity contribution >= 4 is 24.3 Å². The lowest BCUT2D eigenvalue weighted by atomic mass is 10.2. The van der Waals surface area contributed by atoms with Crippen LogP contribution in [0.2, 0.25) is 0 Å². The van der Waals surface area contributed by atoms with Crippen molar-refractivity contribution in [2.45, 2.75) is 13.0 Å². The van der Waals surface area contributed by atoms with Gasteiger partial charge in [-0.05, 0) is 6.92 Å². The molecular weight excluding hydrogens is 256 g/mol. The Balaban J connectivity index is 0.00000289. The molecule has 18 heavy (non-hydrogen) atoms. The molecule has 0 aromatic heterocycles. The highest BCUT2D eigenvalue weighted by Crippen LogP contribution is 2.00. The molecule has 1 fully saturated rings. The van der Waals surface area contributed by atoms with Crippen LogP contribution in [0.15, 0.2) is 12.7 Å². The molecular formula is C11H21ClN4O2. The summed E-state index contributed by atoms with van der Waals surface area (Å²) in [4.78, 5) is 24.8. The second-order valence-electron chi connectivity index (χ2n) is 4.07. The Hall–Kier alpha value is -1.11. The Morgan fingerprint density at radius 1 is 1.56 bits per heavy atom. The largest absolute Gasteiger partial charge is 0.334 e. The van der Waals surface area contributed by atoms with Gasteiger partial charge in [-0.1, -0.05) is 6.08 Å². The van der Waals surface area contributed by atoms with Crippen LogP contribution in [0.25, 0.3) is 0 Å². The highest BCUT2D eigenvalue weighted by Gasteiger charge is 2.20. The maximum atomic E-state index is 11.6. The van der Waals surface area contributed by atoms with Gasteiger partial charge in [0.2, 0.25) is 5.91 Å². The van der Waals surface area contributed by atoms with Crippen LogP contribution in [0.1, 0.15) is 6.92 Å². The SMILES string of the molecule is C=CCNC(=O)NC(=O)CN1CCNC[C@@H]1C.Cl. The van der Waals surface area contributed by atoms with Crippen LogP contribution in [0.3, 0.4) is 0 Å². The molecule has 7 heteroatoms. The fourth-order valence-corrected chi connectivity index (χ4v) is 1.68. The molecule has 1 atom stereocenters. The van der Waals surface area contributed by atoms with Crippen molar-refractivity contribution in [2.24, 2.45) is 0 Å². The molecule has 0 radical (unpaired) electrons. The fraction of sp³-hybridized carbons (Fsp3) is 0.636. The fourth-order valence-electron chi connectivity index (χ4n) is 1.68. The molecule has 1 heterocycles. The van der Waals surface area contributed by atoms with Gasteiger partial charge in [-0.2, -0.15) is 0 Å². The van der Waals surface area contributed by atoms with Crippen molar-refractivity contribution in [3.8, 4) is 0 Å². The summed E-state index contributed by atoms with van der Waals surface area (Å²) >= 11 is 0. The van der Waals surface area contributed by atoms with Crippen LogP contribution in [0.4, 0.5) is 4.79 Å². The third kappa shape index (κ3) is 6.00. The van der Waals surface area contributed by atoms with Crippen LogP contribution in [-0.4, -0.2) is 55.6 Å². The zero-order chi connectivity index (χ0) is 12.7. The normalized spacial score (nSPS) is 19.5. The molecule has 1 aliphatic heterocycles. The molecule has 1 saturated heterocycles. The number of piperazine rings is 1. The van der Waals surface area contributed by atoms with E-state index in [2.05, 4.69) is 29.5 Å². The minimum Gasteiger partial charge on any atom is -0.334 e. The van der Waals surface area contributed by atoms with Gasteiger partial charge in [-0.3, -0.25) is 15.0 Å². The van der Waals surface area contributed by atoms with E-state index in [1.807, 2.05) is 4.90 Å². The molecule has 3 N–H and O–H groups in total. The smallest absolute Gasteiger partial charge is 0.321 e. The number of imide groups is 1. The van der Waals surface area contributed by atoms with Crippen molar-refractivity contribution in [1.29, 1.82) is 0 Å². The summed E-state index contributed by atoms with van der Waals surface area (Å²) in [5.41, 5.74) is 0. The van der Waals surface area contributed by atoms with Crippen molar-refractivity contribution in [3.63, 3.8) is 0 Å². The van der Waals surface area contributed by atoms with Gasteiger partial charge in [0.25, 0.3) is 0 Å². The number of carbonyl (C=O) groups excluding carboxylic acids is 2. The quantitative estimate of drug-likeness (QED) is 0.617. The zero-order valence-corrected chi connectivity index (χ0v) is 11.4. The Kier molecular flexibility index (Phi) is 8.36. The third-order valence-corrected chi connectivity index (χ3v) is 2.65. The molecule has 1 aliphatic rings. The van der Waals surface area contributed by atoms with Crippen molar-refractivity contribution in [3.05, 3.63) is 12.7 Å². The zero-order valence-electron chi connectivity index (χ0n) is 10.6. The average Bonchev–Trinajstić information content (AvgIpc) is 2.29. The van der Waals surface area contributed by atoms with Gasteiger partial charge in [-0.25, -0.2) is 4.79 Å². The molecule has 3 amide bonds. The molecule has 0 aromatic carbocycles. The predicted octanol–water partition coefficient (Wildman–Crippen LogP) is -0.286. The summed E-state index contributed by atoms with van der Waals surface area (Å²) in [6.07, 6.45) is 1.56. The molecule has 0 spiro atoms. The second kappa shape index (κ2) is 8.91. The van der Waals surface area contributed by atoms with Crippen LogP contribution in [0, 0.1) is 0 Å². The highest BCUT2D eigenvalue weighted by atomic mass is 35.5. The van der Waals surface area contributed by atoms with Gasteiger partial charge >= 0.3 is 6.03 Å². The summed E-state index contributed by atoms with van der Waals surface area (Å²) in [6.45, 7) is 8.70. The van der Waals surface area contributed by atoms with E-state index in [9.17, 15) is 9.59 Å². The third-order valence-electron chi connectivity index (χ3n) is 2.65. The van der Waals surface area contributed by atoms with E-state index in [1.165, 1.54) is 0 Å². The summed E-state index contributed by atoms with van der Waals surface area (Å²) in [7, 11) is 0. The molecule has 104 valence electrons. The molecule has 1 rings (SSSR count). The van der Waals surface area contributed by atoms with Crippen molar-refractivity contribution in [2.75, 3.05) is 32.7 Å². The second-order valence-corrected chi connectivity index (χ2v) is 4.07. The van der Waals surface area contributed by atoms with E-state index in [-0.39, 0.29) is 24.9 Å². The highest BCUT2D eigenvalue weighted by molar-refractivity contribution is 5.95. The number of hydrogen-bond acceptors (Lipinski definition) is 4. The summed E-state index contributed by atoms with van der Waals surface area (Å²) in [6, 6.07) is -0.163. The van der Waals surface area contributed by atoms with E-state index < -0.39 is 6.03 Å². The maximum absolute atomic E-state index is 11.6. The first-order chi connectivity index (χ1) is 8.13. The van der Waals surface area contributed by atoms with E-state index in [0.717, 1.165) is 19.6 Å². The number of nitrogens with zero attached hydrogens (tertiary/aromatic N) is 1. The van der Waals surface area contributed by atoms with Crippen LogP contribution >= 0.6 is 12.4 Å². The summed E-state index contributed by atoms with van der Waals surface area (Å²) in [5.74, 6) is -0.277. The number of amides is 3. The molecule has 0 unspecified atom stereocenters. The Morgan fingerprint density at radius 2 is 2.28 bits per heavy atom. The van der Waals surface area contributed by atoms with Crippen molar-refractivity contribution in [1.82, 2.24) is 20.9 Å². The van der Waals surface area contributed by atoms with Gasteiger partial charge in [0.15, 0.2) is 0 Å². The molecule has 0 aromatic rings. The van der Waals surface area contributed by atoms with E-state index >= 15 is 0 Å². The number of hydrogen-bond donors (Lipinski definition) is 3. The summed E-state index contributed by atoms with van der Waals surface area (Å²) < 4.78 is 0. The Morgan fingerprint density at radius 3 is 2.89 bits per heavy atom. The van der Waals surface area contributed by atoms with Crippen molar-refractivity contribution < 1.29 is 9.59 Å². The van der Waals surface area contributed by atoms with Gasteiger partial charge in [0.1, 0.15) is 0 Å². The van der Waals surface area contributed by atoms with Gasteiger partial charge < -0.3 is 10.6 Å². The maximum Gasteiger partial charge on any atom is 0.321 e. The summed E-state index contributed by atoms with van der Waals surface area (Å²) in [5, 5.41) is 8.02. The average molecular weight is 277 g/mol. The topological polar surface area (TPSA) is 73.5 Å².